The third-order valence-corrected chi connectivity index (χ3v) is 7.33. The molecule has 12 unspecified atom stereocenters. The van der Waals surface area contributed by atoms with Crippen LogP contribution in [0.3, 0.4) is 0 Å². The fraction of sp³-hybridized carbons (Fsp3) is 0.750. The molecule has 0 saturated carbocycles. The van der Waals surface area contributed by atoms with Crippen molar-refractivity contribution in [3.8, 4) is 0 Å². The van der Waals surface area contributed by atoms with Gasteiger partial charge in [-0.3, -0.25) is 4.79 Å². The number of ether oxygens (including phenoxy) is 6. The van der Waals surface area contributed by atoms with Crippen LogP contribution in [0.15, 0.2) is 23.0 Å². The minimum atomic E-state index is -1.83. The Bertz CT molecular complexity index is 993. The first-order valence-corrected chi connectivity index (χ1v) is 12.7. The monoisotopic (exact) mass is 578 g/mol. The summed E-state index contributed by atoms with van der Waals surface area (Å²) in [7, 11) is 0. The zero-order chi connectivity index (χ0) is 29.3. The van der Waals surface area contributed by atoms with Crippen LogP contribution in [0.25, 0.3) is 0 Å². The quantitative estimate of drug-likeness (QED) is 0.100. The lowest BCUT2D eigenvalue weighted by atomic mass is 9.90. The average molecular weight is 579 g/mol. The second-order valence-electron chi connectivity index (χ2n) is 9.91. The molecule has 2 fully saturated rings. The number of fused-ring (bicyclic) bond motifs is 1. The first kappa shape index (κ1) is 30.7. The van der Waals surface area contributed by atoms with Gasteiger partial charge in [-0.05, 0) is 18.4 Å². The minimum absolute atomic E-state index is 0.0570. The Hall–Kier alpha value is -2.22. The van der Waals surface area contributed by atoms with Gasteiger partial charge >= 0.3 is 11.9 Å². The van der Waals surface area contributed by atoms with Gasteiger partial charge in [0.1, 0.15) is 55.4 Å². The zero-order valence-electron chi connectivity index (χ0n) is 21.4. The standard InChI is InChI=1S/C24H34O16/c1-8(27)35-6-9-2-3-10-11(21(34)39-23-19(32)17(30)15(28)12(4-25)37-23)7-36-22(14(9)10)40-24-20(33)18(31)16(29)13(5-26)38-24/h7,10,12-13,15-20,22-26,28-33H,2-6H2,1H3. The normalized spacial score (nSPS) is 41.6. The van der Waals surface area contributed by atoms with Gasteiger partial charge in [0.15, 0.2) is 6.29 Å². The van der Waals surface area contributed by atoms with Crippen molar-refractivity contribution in [3.05, 3.63) is 23.0 Å². The summed E-state index contributed by atoms with van der Waals surface area (Å²) in [5, 5.41) is 79.6. The van der Waals surface area contributed by atoms with Crippen molar-refractivity contribution in [2.24, 2.45) is 5.92 Å². The summed E-state index contributed by atoms with van der Waals surface area (Å²) in [5.74, 6) is -2.32. The summed E-state index contributed by atoms with van der Waals surface area (Å²) < 4.78 is 32.4. The molecule has 0 aromatic heterocycles. The smallest absolute Gasteiger partial charge is 0.340 e. The van der Waals surface area contributed by atoms with Crippen molar-refractivity contribution < 1.29 is 78.9 Å². The first-order chi connectivity index (χ1) is 19.0. The molecule has 16 heteroatoms. The molecular weight excluding hydrogens is 544 g/mol. The van der Waals surface area contributed by atoms with E-state index in [9.17, 15) is 50.4 Å². The maximum atomic E-state index is 13.1. The second kappa shape index (κ2) is 12.7. The predicted octanol–water partition coefficient (Wildman–Crippen LogP) is -4.34. The van der Waals surface area contributed by atoms with E-state index in [1.807, 2.05) is 0 Å². The van der Waals surface area contributed by atoms with E-state index in [0.29, 0.717) is 24.0 Å². The second-order valence-corrected chi connectivity index (χ2v) is 9.91. The van der Waals surface area contributed by atoms with Gasteiger partial charge in [-0.2, -0.15) is 0 Å². The van der Waals surface area contributed by atoms with E-state index < -0.39 is 98.8 Å². The first-order valence-electron chi connectivity index (χ1n) is 12.7. The molecule has 2 saturated heterocycles. The molecule has 3 aliphatic heterocycles. The molecule has 8 N–H and O–H groups in total. The highest BCUT2D eigenvalue weighted by atomic mass is 16.8. The topological polar surface area (TPSA) is 251 Å². The number of hydrogen-bond acceptors (Lipinski definition) is 16. The van der Waals surface area contributed by atoms with Crippen LogP contribution in [0, 0.1) is 5.92 Å². The molecule has 1 aliphatic carbocycles. The number of carbonyl (C=O) groups excluding carboxylic acids is 2. The molecule has 0 radical (unpaired) electrons. The fourth-order valence-electron chi connectivity index (χ4n) is 5.09. The summed E-state index contributed by atoms with van der Waals surface area (Å²) in [6.07, 6.45) is -15.8. The van der Waals surface area contributed by atoms with Gasteiger partial charge in [0.05, 0.1) is 25.0 Å². The maximum absolute atomic E-state index is 13.1. The van der Waals surface area contributed by atoms with Gasteiger partial charge < -0.3 is 69.3 Å². The number of carbonyl (C=O) groups is 2. The number of aliphatic hydroxyl groups excluding tert-OH is 8. The van der Waals surface area contributed by atoms with Crippen molar-refractivity contribution in [3.63, 3.8) is 0 Å². The molecule has 0 aromatic rings. The Morgan fingerprint density at radius 3 is 2.02 bits per heavy atom. The third-order valence-electron chi connectivity index (χ3n) is 7.33. The molecule has 40 heavy (non-hydrogen) atoms. The van der Waals surface area contributed by atoms with Crippen molar-refractivity contribution in [2.45, 2.75) is 87.5 Å². The molecule has 3 heterocycles. The predicted molar refractivity (Wildman–Crippen MR) is 124 cm³/mol. The summed E-state index contributed by atoms with van der Waals surface area (Å²) in [4.78, 5) is 24.6. The van der Waals surface area contributed by atoms with Crippen LogP contribution < -0.4 is 0 Å². The van der Waals surface area contributed by atoms with E-state index in [-0.39, 0.29) is 12.2 Å². The lowest BCUT2D eigenvalue weighted by Gasteiger charge is -2.42. The van der Waals surface area contributed by atoms with Crippen LogP contribution in [0.4, 0.5) is 0 Å². The Kier molecular flexibility index (Phi) is 9.79. The molecule has 4 aliphatic rings. The number of esters is 2. The third kappa shape index (κ3) is 6.02. The van der Waals surface area contributed by atoms with E-state index in [1.54, 1.807) is 0 Å². The van der Waals surface area contributed by atoms with Crippen LogP contribution in [0.5, 0.6) is 0 Å². The van der Waals surface area contributed by atoms with Crippen LogP contribution in [0.1, 0.15) is 19.8 Å². The van der Waals surface area contributed by atoms with E-state index >= 15 is 0 Å². The lowest BCUT2D eigenvalue weighted by molar-refractivity contribution is -0.327. The van der Waals surface area contributed by atoms with Crippen molar-refractivity contribution in [2.75, 3.05) is 19.8 Å². The van der Waals surface area contributed by atoms with Crippen molar-refractivity contribution in [1.82, 2.24) is 0 Å². The Morgan fingerprint density at radius 2 is 1.45 bits per heavy atom. The SMILES string of the molecule is CC(=O)OCC1=C2C(OC3OC(CO)C(O)C(O)C3O)OC=C(C(=O)OC3OC(CO)C(O)C(O)C3O)C2CC1. The minimum Gasteiger partial charge on any atom is -0.468 e. The highest BCUT2D eigenvalue weighted by Gasteiger charge is 2.49. The number of aliphatic hydroxyl groups is 8. The summed E-state index contributed by atoms with van der Waals surface area (Å²) in [6.45, 7) is -0.377. The van der Waals surface area contributed by atoms with Crippen LogP contribution >= 0.6 is 0 Å². The molecule has 226 valence electrons. The molecule has 12 atom stereocenters. The number of rotatable bonds is 8. The highest BCUT2D eigenvalue weighted by molar-refractivity contribution is 5.90. The zero-order valence-corrected chi connectivity index (χ0v) is 21.4. The van der Waals surface area contributed by atoms with Gasteiger partial charge in [0, 0.05) is 18.4 Å². The molecule has 16 nitrogen and oxygen atoms in total. The average Bonchev–Trinajstić information content (AvgIpc) is 3.36. The largest absolute Gasteiger partial charge is 0.468 e. The Labute approximate surface area is 227 Å². The van der Waals surface area contributed by atoms with Crippen molar-refractivity contribution >= 4 is 11.9 Å². The van der Waals surface area contributed by atoms with Crippen LogP contribution in [0.2, 0.25) is 0 Å². The molecular formula is C24H34O16. The molecule has 4 rings (SSSR count). The summed E-state index contributed by atoms with van der Waals surface area (Å²) in [5.41, 5.74) is 0.806. The number of hydrogen-bond donors (Lipinski definition) is 8. The van der Waals surface area contributed by atoms with Crippen molar-refractivity contribution in [1.29, 1.82) is 0 Å². The molecule has 0 amide bonds. The summed E-state index contributed by atoms with van der Waals surface area (Å²) in [6, 6.07) is 0. The highest BCUT2D eigenvalue weighted by Crippen LogP contribution is 2.44. The van der Waals surface area contributed by atoms with Gasteiger partial charge in [0.2, 0.25) is 12.6 Å². The summed E-state index contributed by atoms with van der Waals surface area (Å²) >= 11 is 0. The Morgan fingerprint density at radius 1 is 0.875 bits per heavy atom. The van der Waals surface area contributed by atoms with Gasteiger partial charge in [0.25, 0.3) is 0 Å². The van der Waals surface area contributed by atoms with Gasteiger partial charge in [-0.25, -0.2) is 4.79 Å². The fourth-order valence-corrected chi connectivity index (χ4v) is 5.09. The van der Waals surface area contributed by atoms with Crippen LogP contribution in [-0.2, 0) is 38.0 Å². The Balaban J connectivity index is 1.56. The van der Waals surface area contributed by atoms with E-state index in [2.05, 4.69) is 0 Å². The van der Waals surface area contributed by atoms with E-state index in [4.69, 9.17) is 28.4 Å². The molecule has 0 spiro atoms. The van der Waals surface area contributed by atoms with E-state index in [1.165, 1.54) is 6.92 Å². The van der Waals surface area contributed by atoms with Crippen LogP contribution in [-0.4, -0.2) is 140 Å². The maximum Gasteiger partial charge on any atom is 0.340 e. The lowest BCUT2D eigenvalue weighted by Crippen LogP contribution is -2.60. The van der Waals surface area contributed by atoms with Gasteiger partial charge in [-0.15, -0.1) is 0 Å². The molecule has 0 bridgehead atoms. The molecule has 0 aromatic carbocycles. The van der Waals surface area contributed by atoms with E-state index in [0.717, 1.165) is 6.26 Å². The van der Waals surface area contributed by atoms with Gasteiger partial charge in [-0.1, -0.05) is 0 Å².